The predicted molar refractivity (Wildman–Crippen MR) is 97.9 cm³/mol. The highest BCUT2D eigenvalue weighted by Gasteiger charge is 2.43. The third-order valence-corrected chi connectivity index (χ3v) is 6.76. The zero-order valence-corrected chi connectivity index (χ0v) is 15.3. The van der Waals surface area contributed by atoms with Crippen molar-refractivity contribution in [2.24, 2.45) is 11.3 Å². The molecule has 3 aliphatic rings. The maximum absolute atomic E-state index is 12.9. The number of amides is 2. The molecule has 1 unspecified atom stereocenters. The topological polar surface area (TPSA) is 69.6 Å². The van der Waals surface area contributed by atoms with Gasteiger partial charge in [-0.15, -0.1) is 0 Å². The summed E-state index contributed by atoms with van der Waals surface area (Å²) in [5.74, 6) is 0.156. The van der Waals surface area contributed by atoms with Crippen LogP contribution in [0.4, 0.5) is 0 Å². The van der Waals surface area contributed by atoms with Gasteiger partial charge in [0.1, 0.15) is 0 Å². The lowest BCUT2D eigenvalue weighted by molar-refractivity contribution is -0.135. The molecule has 2 aliphatic carbocycles. The van der Waals surface area contributed by atoms with E-state index in [4.69, 9.17) is 5.21 Å². The van der Waals surface area contributed by atoms with Crippen molar-refractivity contribution in [3.05, 3.63) is 34.9 Å². The van der Waals surface area contributed by atoms with E-state index in [1.807, 2.05) is 12.1 Å². The predicted octanol–water partition coefficient (Wildman–Crippen LogP) is 3.09. The Morgan fingerprint density at radius 2 is 1.92 bits per heavy atom. The molecule has 4 rings (SSSR count). The Bertz CT molecular complexity index is 711. The molecular weight excluding hydrogens is 328 g/mol. The van der Waals surface area contributed by atoms with Crippen LogP contribution in [0.25, 0.3) is 0 Å². The number of hydroxylamine groups is 1. The summed E-state index contributed by atoms with van der Waals surface area (Å²) in [6.07, 6.45) is 9.87. The Hall–Kier alpha value is -1.88. The van der Waals surface area contributed by atoms with E-state index in [9.17, 15) is 9.59 Å². The molecule has 1 atom stereocenters. The highest BCUT2D eigenvalue weighted by atomic mass is 16.5. The van der Waals surface area contributed by atoms with Gasteiger partial charge >= 0.3 is 0 Å². The second-order valence-corrected chi connectivity index (χ2v) is 8.45. The third-order valence-electron chi connectivity index (χ3n) is 6.76. The van der Waals surface area contributed by atoms with Crippen molar-refractivity contribution in [2.75, 3.05) is 13.1 Å². The fourth-order valence-electron chi connectivity index (χ4n) is 5.21. The first-order valence-electron chi connectivity index (χ1n) is 9.95. The number of hydrogen-bond donors (Lipinski definition) is 2. The Morgan fingerprint density at radius 3 is 2.69 bits per heavy atom. The SMILES string of the molecule is O=C(NO)c1ccc2c(c1)CC1(CC2)CCN(C(=O)C2CCCCC2)C1. The van der Waals surface area contributed by atoms with E-state index in [0.717, 1.165) is 51.6 Å². The number of rotatable bonds is 2. The Kier molecular flexibility index (Phi) is 4.74. The van der Waals surface area contributed by atoms with E-state index in [1.54, 1.807) is 11.5 Å². The minimum Gasteiger partial charge on any atom is -0.342 e. The minimum absolute atomic E-state index is 0.158. The first kappa shape index (κ1) is 17.5. The fraction of sp³-hybridized carbons (Fsp3) is 0.619. The number of carbonyl (C=O) groups is 2. The summed E-state index contributed by atoms with van der Waals surface area (Å²) >= 11 is 0. The lowest BCUT2D eigenvalue weighted by atomic mass is 9.71. The molecule has 2 amide bonds. The van der Waals surface area contributed by atoms with Gasteiger partial charge in [0.25, 0.3) is 5.91 Å². The zero-order valence-electron chi connectivity index (χ0n) is 15.3. The number of likely N-dealkylation sites (tertiary alicyclic amines) is 1. The van der Waals surface area contributed by atoms with Crippen molar-refractivity contribution in [1.82, 2.24) is 10.4 Å². The molecule has 5 heteroatoms. The summed E-state index contributed by atoms with van der Waals surface area (Å²) in [4.78, 5) is 26.7. The molecule has 1 aliphatic heterocycles. The number of benzene rings is 1. The van der Waals surface area contributed by atoms with Crippen LogP contribution in [0.2, 0.25) is 0 Å². The van der Waals surface area contributed by atoms with Gasteiger partial charge in [-0.2, -0.15) is 0 Å². The number of fused-ring (bicyclic) bond motifs is 1. The Balaban J connectivity index is 1.47. The molecule has 1 aromatic rings. The Morgan fingerprint density at radius 1 is 1.12 bits per heavy atom. The molecule has 1 saturated carbocycles. The van der Waals surface area contributed by atoms with Gasteiger partial charge in [-0.1, -0.05) is 25.3 Å². The molecule has 1 aromatic carbocycles. The van der Waals surface area contributed by atoms with Gasteiger partial charge in [-0.05, 0) is 67.2 Å². The molecule has 0 aromatic heterocycles. The summed E-state index contributed by atoms with van der Waals surface area (Å²) in [6.45, 7) is 1.74. The first-order valence-corrected chi connectivity index (χ1v) is 9.95. The molecular formula is C21H28N2O3. The summed E-state index contributed by atoms with van der Waals surface area (Å²) in [6, 6.07) is 5.69. The van der Waals surface area contributed by atoms with E-state index in [2.05, 4.69) is 4.90 Å². The standard InChI is InChI=1S/C21H28N2O3/c24-19(22-26)17-7-6-15-8-9-21(13-18(15)12-17)10-11-23(14-21)20(25)16-4-2-1-3-5-16/h6-7,12,16,26H,1-5,8-11,13-14H2,(H,22,24). The highest BCUT2D eigenvalue weighted by molar-refractivity contribution is 5.93. The van der Waals surface area contributed by atoms with Gasteiger partial charge in [-0.3, -0.25) is 14.8 Å². The monoisotopic (exact) mass is 356 g/mol. The molecule has 1 saturated heterocycles. The van der Waals surface area contributed by atoms with Crippen LogP contribution in [-0.2, 0) is 17.6 Å². The van der Waals surface area contributed by atoms with Gasteiger partial charge in [0.2, 0.25) is 5.91 Å². The van der Waals surface area contributed by atoms with Crippen LogP contribution >= 0.6 is 0 Å². The molecule has 26 heavy (non-hydrogen) atoms. The average Bonchev–Trinajstić information content (AvgIpc) is 3.10. The van der Waals surface area contributed by atoms with Crippen LogP contribution in [-0.4, -0.2) is 35.0 Å². The van der Waals surface area contributed by atoms with E-state index in [-0.39, 0.29) is 11.3 Å². The maximum atomic E-state index is 12.9. The molecule has 2 fully saturated rings. The van der Waals surface area contributed by atoms with Crippen molar-refractivity contribution in [1.29, 1.82) is 0 Å². The maximum Gasteiger partial charge on any atom is 0.274 e. The van der Waals surface area contributed by atoms with E-state index >= 15 is 0 Å². The van der Waals surface area contributed by atoms with Crippen molar-refractivity contribution >= 4 is 11.8 Å². The van der Waals surface area contributed by atoms with Gasteiger partial charge in [-0.25, -0.2) is 5.48 Å². The third kappa shape index (κ3) is 3.25. The van der Waals surface area contributed by atoms with Crippen LogP contribution in [0.15, 0.2) is 18.2 Å². The molecule has 0 radical (unpaired) electrons. The average molecular weight is 356 g/mol. The summed E-state index contributed by atoms with van der Waals surface area (Å²) in [7, 11) is 0. The van der Waals surface area contributed by atoms with Crippen molar-refractivity contribution < 1.29 is 14.8 Å². The summed E-state index contributed by atoms with van der Waals surface area (Å²) in [5, 5.41) is 8.87. The van der Waals surface area contributed by atoms with Crippen LogP contribution in [0, 0.1) is 11.3 Å². The van der Waals surface area contributed by atoms with Gasteiger partial charge in [0.15, 0.2) is 0 Å². The largest absolute Gasteiger partial charge is 0.342 e. The van der Waals surface area contributed by atoms with Crippen molar-refractivity contribution in [2.45, 2.75) is 57.8 Å². The van der Waals surface area contributed by atoms with Crippen LogP contribution in [0.5, 0.6) is 0 Å². The summed E-state index contributed by atoms with van der Waals surface area (Å²) < 4.78 is 0. The molecule has 2 N–H and O–H groups in total. The van der Waals surface area contributed by atoms with E-state index < -0.39 is 5.91 Å². The van der Waals surface area contributed by atoms with Gasteiger partial charge in [0.05, 0.1) is 0 Å². The fourth-order valence-corrected chi connectivity index (χ4v) is 5.21. The van der Waals surface area contributed by atoms with Crippen molar-refractivity contribution in [3.8, 4) is 0 Å². The second-order valence-electron chi connectivity index (χ2n) is 8.45. The normalized spacial score (nSPS) is 26.0. The van der Waals surface area contributed by atoms with Crippen LogP contribution < -0.4 is 5.48 Å². The second kappa shape index (κ2) is 7.03. The number of aryl methyl sites for hydroxylation is 1. The molecule has 1 heterocycles. The van der Waals surface area contributed by atoms with Crippen molar-refractivity contribution in [3.63, 3.8) is 0 Å². The van der Waals surface area contributed by atoms with E-state index in [0.29, 0.717) is 11.5 Å². The van der Waals surface area contributed by atoms with Crippen LogP contribution in [0.1, 0.15) is 66.4 Å². The number of nitrogens with one attached hydrogen (secondary N) is 1. The zero-order chi connectivity index (χ0) is 18.1. The molecule has 0 bridgehead atoms. The number of nitrogens with zero attached hydrogens (tertiary/aromatic N) is 1. The lowest BCUT2D eigenvalue weighted by Crippen LogP contribution is -2.38. The number of hydrogen-bond acceptors (Lipinski definition) is 3. The van der Waals surface area contributed by atoms with E-state index in [1.165, 1.54) is 30.4 Å². The molecule has 140 valence electrons. The smallest absolute Gasteiger partial charge is 0.274 e. The molecule has 5 nitrogen and oxygen atoms in total. The minimum atomic E-state index is -0.465. The Labute approximate surface area is 154 Å². The molecule has 1 spiro atoms. The number of carbonyl (C=O) groups excluding carboxylic acids is 2. The van der Waals surface area contributed by atoms with Gasteiger partial charge in [0, 0.05) is 24.6 Å². The lowest BCUT2D eigenvalue weighted by Gasteiger charge is -2.35. The summed E-state index contributed by atoms with van der Waals surface area (Å²) in [5.41, 5.74) is 4.86. The quantitative estimate of drug-likeness (QED) is 0.632. The first-order chi connectivity index (χ1) is 12.6. The highest BCUT2D eigenvalue weighted by Crippen LogP contribution is 2.43. The van der Waals surface area contributed by atoms with Gasteiger partial charge < -0.3 is 4.90 Å². The van der Waals surface area contributed by atoms with Crippen LogP contribution in [0.3, 0.4) is 0 Å².